The van der Waals surface area contributed by atoms with Gasteiger partial charge in [-0.25, -0.2) is 4.98 Å². The van der Waals surface area contributed by atoms with E-state index in [1.54, 1.807) is 12.3 Å². The molecular weight excluding hydrogens is 438 g/mol. The quantitative estimate of drug-likeness (QED) is 0.381. The van der Waals surface area contributed by atoms with E-state index in [-0.39, 0.29) is 5.91 Å². The second kappa shape index (κ2) is 9.64. The normalized spacial score (nSPS) is 14.2. The maximum absolute atomic E-state index is 11.7. The first-order chi connectivity index (χ1) is 17.0. The Labute approximate surface area is 205 Å². The van der Waals surface area contributed by atoms with Crippen LogP contribution in [-0.4, -0.2) is 54.0 Å². The molecule has 0 bridgehead atoms. The number of carbonyl (C=O) groups is 1. The first-order valence-corrected chi connectivity index (χ1v) is 11.7. The number of nitrogens with zero attached hydrogens (tertiary/aromatic N) is 3. The van der Waals surface area contributed by atoms with Crippen LogP contribution in [0.25, 0.3) is 22.3 Å². The molecule has 35 heavy (non-hydrogen) atoms. The van der Waals surface area contributed by atoms with Gasteiger partial charge in [-0.05, 0) is 55.9 Å². The van der Waals surface area contributed by atoms with Gasteiger partial charge in [-0.15, -0.1) is 0 Å². The van der Waals surface area contributed by atoms with Crippen molar-refractivity contribution in [3.8, 4) is 22.8 Å². The van der Waals surface area contributed by atoms with Crippen LogP contribution >= 0.6 is 0 Å². The number of carbonyl (C=O) groups excluding carboxylic acids is 1. The Bertz CT molecular complexity index is 1370. The monoisotopic (exact) mass is 467 g/mol. The zero-order chi connectivity index (χ0) is 24.4. The minimum atomic E-state index is -0.265. The maximum Gasteiger partial charge on any atom is 0.247 e. The first-order valence-electron chi connectivity index (χ1n) is 11.7. The summed E-state index contributed by atoms with van der Waals surface area (Å²) < 4.78 is 6.29. The van der Waals surface area contributed by atoms with Gasteiger partial charge in [0.1, 0.15) is 17.1 Å². The van der Waals surface area contributed by atoms with Gasteiger partial charge < -0.3 is 24.8 Å². The third kappa shape index (κ3) is 4.90. The van der Waals surface area contributed by atoms with Crippen molar-refractivity contribution in [2.45, 2.75) is 6.92 Å². The Morgan fingerprint density at radius 3 is 2.63 bits per heavy atom. The van der Waals surface area contributed by atoms with Crippen molar-refractivity contribution >= 4 is 28.3 Å². The van der Waals surface area contributed by atoms with Gasteiger partial charge in [0.2, 0.25) is 5.91 Å². The third-order valence-corrected chi connectivity index (χ3v) is 6.34. The number of likely N-dealkylation sites (N-methyl/N-ethyl adjacent to an activating group) is 1. The summed E-state index contributed by atoms with van der Waals surface area (Å²) in [4.78, 5) is 24.5. The highest BCUT2D eigenvalue weighted by Crippen LogP contribution is 2.36. The molecule has 1 amide bonds. The van der Waals surface area contributed by atoms with E-state index in [0.29, 0.717) is 11.4 Å². The summed E-state index contributed by atoms with van der Waals surface area (Å²) in [6.45, 7) is 9.73. The number of ether oxygens (including phenoxy) is 1. The van der Waals surface area contributed by atoms with Crippen LogP contribution in [0.3, 0.4) is 0 Å². The van der Waals surface area contributed by atoms with E-state index in [2.05, 4.69) is 69.0 Å². The molecule has 7 heteroatoms. The number of aromatic nitrogens is 2. The van der Waals surface area contributed by atoms with E-state index in [1.165, 1.54) is 11.8 Å². The van der Waals surface area contributed by atoms with E-state index in [4.69, 9.17) is 4.74 Å². The molecule has 2 aromatic heterocycles. The number of rotatable bonds is 6. The van der Waals surface area contributed by atoms with Gasteiger partial charge in [0, 0.05) is 61.1 Å². The van der Waals surface area contributed by atoms with E-state index in [0.717, 1.165) is 59.8 Å². The molecule has 1 aliphatic rings. The molecule has 0 atom stereocenters. The van der Waals surface area contributed by atoms with Crippen molar-refractivity contribution < 1.29 is 9.53 Å². The van der Waals surface area contributed by atoms with Crippen molar-refractivity contribution in [1.29, 1.82) is 0 Å². The van der Waals surface area contributed by atoms with Crippen LogP contribution in [0.4, 0.5) is 11.4 Å². The lowest BCUT2D eigenvalue weighted by Crippen LogP contribution is -2.44. The van der Waals surface area contributed by atoms with Gasteiger partial charge in [0.25, 0.3) is 0 Å². The van der Waals surface area contributed by atoms with Crippen molar-refractivity contribution in [1.82, 2.24) is 14.9 Å². The van der Waals surface area contributed by atoms with E-state index in [1.807, 2.05) is 25.1 Å². The number of piperazine rings is 1. The molecule has 0 spiro atoms. The maximum atomic E-state index is 11.7. The number of aromatic amines is 1. The molecule has 1 fully saturated rings. The number of hydrogen-bond donors (Lipinski definition) is 2. The van der Waals surface area contributed by atoms with Crippen molar-refractivity contribution in [2.75, 3.05) is 43.4 Å². The van der Waals surface area contributed by atoms with Crippen LogP contribution in [-0.2, 0) is 4.79 Å². The van der Waals surface area contributed by atoms with Gasteiger partial charge in [-0.2, -0.15) is 0 Å². The molecule has 0 saturated carbocycles. The number of anilines is 2. The van der Waals surface area contributed by atoms with Crippen LogP contribution in [0.5, 0.6) is 11.5 Å². The Morgan fingerprint density at radius 1 is 1.11 bits per heavy atom. The first kappa shape index (κ1) is 22.7. The Hall–Kier alpha value is -4.10. The smallest absolute Gasteiger partial charge is 0.247 e. The molecule has 1 aliphatic heterocycles. The van der Waals surface area contributed by atoms with E-state index in [9.17, 15) is 4.79 Å². The van der Waals surface area contributed by atoms with Crippen LogP contribution in [0.2, 0.25) is 0 Å². The lowest BCUT2D eigenvalue weighted by molar-refractivity contribution is -0.111. The second-order valence-electron chi connectivity index (χ2n) is 8.88. The molecule has 2 N–H and O–H groups in total. The minimum Gasteiger partial charge on any atom is -0.456 e. The fourth-order valence-corrected chi connectivity index (χ4v) is 4.31. The third-order valence-electron chi connectivity index (χ3n) is 6.34. The number of hydrogen-bond acceptors (Lipinski definition) is 5. The van der Waals surface area contributed by atoms with Crippen molar-refractivity contribution in [3.05, 3.63) is 79.0 Å². The number of nitrogens with one attached hydrogen (secondary N) is 2. The fourth-order valence-electron chi connectivity index (χ4n) is 4.31. The molecule has 0 radical (unpaired) electrons. The number of H-pyrrole nitrogens is 1. The number of benzene rings is 2. The van der Waals surface area contributed by atoms with E-state index < -0.39 is 0 Å². The molecule has 0 unspecified atom stereocenters. The highest BCUT2D eigenvalue weighted by molar-refractivity contribution is 5.99. The largest absolute Gasteiger partial charge is 0.456 e. The Balaban J connectivity index is 1.41. The predicted octanol–water partition coefficient (Wildman–Crippen LogP) is 5.21. The SMILES string of the molecule is C=CC(=O)Nc1cccc(Oc2c(C)cnc3[nH]c(-c4ccc(N5CCN(C)CC5)cc4)cc23)c1. The summed E-state index contributed by atoms with van der Waals surface area (Å²) in [6.07, 6.45) is 3.04. The van der Waals surface area contributed by atoms with Crippen LogP contribution in [0.1, 0.15) is 5.56 Å². The van der Waals surface area contributed by atoms with Crippen molar-refractivity contribution in [2.24, 2.45) is 0 Å². The summed E-state index contributed by atoms with van der Waals surface area (Å²) in [5.74, 6) is 1.10. The second-order valence-corrected chi connectivity index (χ2v) is 8.88. The summed E-state index contributed by atoms with van der Waals surface area (Å²) in [5, 5.41) is 3.67. The molecule has 2 aromatic carbocycles. The fraction of sp³-hybridized carbons (Fsp3) is 0.214. The topological polar surface area (TPSA) is 73.5 Å². The zero-order valence-electron chi connectivity index (χ0n) is 20.0. The molecule has 1 saturated heterocycles. The molecule has 7 nitrogen and oxygen atoms in total. The Kier molecular flexibility index (Phi) is 6.25. The number of aryl methyl sites for hydroxylation is 1. The average Bonchev–Trinajstić information content (AvgIpc) is 3.31. The van der Waals surface area contributed by atoms with Gasteiger partial charge >= 0.3 is 0 Å². The van der Waals surface area contributed by atoms with Gasteiger partial charge in [0.15, 0.2) is 0 Å². The highest BCUT2D eigenvalue weighted by Gasteiger charge is 2.16. The number of pyridine rings is 1. The molecule has 0 aliphatic carbocycles. The lowest BCUT2D eigenvalue weighted by atomic mass is 10.1. The molecule has 178 valence electrons. The molecular formula is C28H29N5O2. The van der Waals surface area contributed by atoms with Gasteiger partial charge in [-0.1, -0.05) is 24.8 Å². The molecule has 5 rings (SSSR count). The average molecular weight is 468 g/mol. The summed E-state index contributed by atoms with van der Waals surface area (Å²) in [7, 11) is 2.17. The summed E-state index contributed by atoms with van der Waals surface area (Å²) in [6, 6.07) is 18.1. The van der Waals surface area contributed by atoms with E-state index >= 15 is 0 Å². The van der Waals surface area contributed by atoms with Crippen LogP contribution in [0, 0.1) is 6.92 Å². The summed E-state index contributed by atoms with van der Waals surface area (Å²) in [5.41, 5.74) is 5.66. The molecule has 4 aromatic rings. The zero-order valence-corrected chi connectivity index (χ0v) is 20.0. The standard InChI is InChI=1S/C28H29N5O2/c1-4-26(34)30-21-6-5-7-23(16-21)35-27-19(2)18-29-28-24(27)17-25(31-28)20-8-10-22(11-9-20)33-14-12-32(3)13-15-33/h4-11,16-18H,1,12-15H2,2-3H3,(H,29,31)(H,30,34). The molecule has 3 heterocycles. The van der Waals surface area contributed by atoms with Gasteiger partial charge in [-0.3, -0.25) is 4.79 Å². The number of fused-ring (bicyclic) bond motifs is 1. The Morgan fingerprint density at radius 2 is 1.89 bits per heavy atom. The van der Waals surface area contributed by atoms with Crippen molar-refractivity contribution in [3.63, 3.8) is 0 Å². The lowest BCUT2D eigenvalue weighted by Gasteiger charge is -2.34. The van der Waals surface area contributed by atoms with Gasteiger partial charge in [0.05, 0.1) is 5.39 Å². The summed E-state index contributed by atoms with van der Waals surface area (Å²) >= 11 is 0. The van der Waals surface area contributed by atoms with Crippen LogP contribution in [0.15, 0.2) is 73.4 Å². The number of amides is 1. The predicted molar refractivity (Wildman–Crippen MR) is 141 cm³/mol. The minimum absolute atomic E-state index is 0.265. The highest BCUT2D eigenvalue weighted by atomic mass is 16.5. The van der Waals surface area contributed by atoms with Crippen LogP contribution < -0.4 is 15.0 Å².